The van der Waals surface area contributed by atoms with Crippen molar-refractivity contribution in [1.29, 1.82) is 0 Å². The van der Waals surface area contributed by atoms with Crippen LogP contribution >= 0.6 is 0 Å². The largest absolute Gasteiger partial charge is 0.295 e. The van der Waals surface area contributed by atoms with E-state index >= 15 is 0 Å². The van der Waals surface area contributed by atoms with Crippen LogP contribution in [0.15, 0.2) is 30.3 Å². The van der Waals surface area contributed by atoms with Crippen molar-refractivity contribution < 1.29 is 18.0 Å². The molecule has 0 N–H and O–H groups in total. The second-order valence-electron chi connectivity index (χ2n) is 3.35. The van der Waals surface area contributed by atoms with Gasteiger partial charge in [-0.15, -0.1) is 0 Å². The van der Waals surface area contributed by atoms with Crippen LogP contribution in [0.4, 0.5) is 13.2 Å². The normalized spacial score (nSPS) is 13.3. The van der Waals surface area contributed by atoms with E-state index in [2.05, 4.69) is 0 Å². The summed E-state index contributed by atoms with van der Waals surface area (Å²) < 4.78 is 37.0. The van der Waals surface area contributed by atoms with Gasteiger partial charge < -0.3 is 0 Å². The number of carbonyl (C=O) groups excluding carboxylic acids is 1. The molecule has 0 radical (unpaired) electrons. The summed E-state index contributed by atoms with van der Waals surface area (Å²) in [4.78, 5) is 10.6. The Morgan fingerprint density at radius 2 is 1.75 bits per heavy atom. The van der Waals surface area contributed by atoms with E-state index in [1.165, 1.54) is 37.3 Å². The Morgan fingerprint density at radius 1 is 1.19 bits per heavy atom. The predicted octanol–water partition coefficient (Wildman–Crippen LogP) is 3.56. The van der Waals surface area contributed by atoms with Crippen molar-refractivity contribution >= 4 is 11.9 Å². The smallest absolute Gasteiger partial charge is 0.273 e. The molecule has 1 aromatic rings. The second kappa shape index (κ2) is 5.49. The summed E-state index contributed by atoms with van der Waals surface area (Å²) in [5.41, 5.74) is 0.607. The lowest BCUT2D eigenvalue weighted by molar-refractivity contribution is -0.112. The van der Waals surface area contributed by atoms with Gasteiger partial charge in [0.05, 0.1) is 0 Å². The Labute approximate surface area is 91.6 Å². The quantitative estimate of drug-likeness (QED) is 0.720. The first-order valence-electron chi connectivity index (χ1n) is 4.71. The van der Waals surface area contributed by atoms with Gasteiger partial charge in [0.2, 0.25) is 0 Å². The molecule has 4 heteroatoms. The van der Waals surface area contributed by atoms with E-state index in [1.54, 1.807) is 6.08 Å². The first kappa shape index (κ1) is 12.5. The zero-order valence-electron chi connectivity index (χ0n) is 8.66. The van der Waals surface area contributed by atoms with Crippen molar-refractivity contribution in [2.45, 2.75) is 19.5 Å². The number of benzene rings is 1. The number of carbonyl (C=O) groups is 1. The Bertz CT molecular complexity index is 382. The van der Waals surface area contributed by atoms with Crippen molar-refractivity contribution in [2.24, 2.45) is 0 Å². The van der Waals surface area contributed by atoms with Gasteiger partial charge in [-0.25, -0.2) is 13.2 Å². The Kier molecular flexibility index (Phi) is 4.28. The summed E-state index contributed by atoms with van der Waals surface area (Å²) in [6, 6.07) is 5.56. The minimum absolute atomic E-state index is 0.0602. The molecule has 0 heterocycles. The summed E-state index contributed by atoms with van der Waals surface area (Å²) in [7, 11) is 0. The fraction of sp³-hybridized carbons (Fsp3) is 0.250. The first-order chi connectivity index (χ1) is 7.50. The van der Waals surface area contributed by atoms with Crippen LogP contribution in [0.1, 0.15) is 24.2 Å². The molecule has 1 atom stereocenters. The lowest BCUT2D eigenvalue weighted by atomic mass is 10.1. The summed E-state index contributed by atoms with van der Waals surface area (Å²) in [6.45, 7) is 1.40. The Hall–Kier alpha value is -1.58. The number of ketones is 1. The molecule has 0 spiro atoms. The number of hydrogen-bond donors (Lipinski definition) is 0. The molecule has 1 nitrogen and oxygen atoms in total. The standard InChI is InChI=1S/C12H11F3O/c1-8(16)2-3-9-4-6-10(7-5-9)11(13)12(14)15/h2-7,11-12H,1H3. The molecule has 0 fully saturated rings. The monoisotopic (exact) mass is 228 g/mol. The highest BCUT2D eigenvalue weighted by atomic mass is 19.3. The summed E-state index contributed by atoms with van der Waals surface area (Å²) in [6.07, 6.45) is -2.37. The average molecular weight is 228 g/mol. The van der Waals surface area contributed by atoms with Crippen molar-refractivity contribution in [3.63, 3.8) is 0 Å². The van der Waals surface area contributed by atoms with E-state index in [-0.39, 0.29) is 11.3 Å². The van der Waals surface area contributed by atoms with E-state index in [1.807, 2.05) is 0 Å². The molecule has 0 amide bonds. The topological polar surface area (TPSA) is 17.1 Å². The molecule has 16 heavy (non-hydrogen) atoms. The van der Waals surface area contributed by atoms with Crippen LogP contribution in [0.5, 0.6) is 0 Å². The van der Waals surface area contributed by atoms with Crippen LogP contribution < -0.4 is 0 Å². The third-order valence-corrected chi connectivity index (χ3v) is 1.99. The van der Waals surface area contributed by atoms with E-state index in [9.17, 15) is 18.0 Å². The van der Waals surface area contributed by atoms with Crippen molar-refractivity contribution in [3.05, 3.63) is 41.5 Å². The van der Waals surface area contributed by atoms with Crippen LogP contribution in [-0.2, 0) is 4.79 Å². The fourth-order valence-electron chi connectivity index (χ4n) is 1.15. The molecule has 1 aromatic carbocycles. The van der Waals surface area contributed by atoms with Gasteiger partial charge in [0, 0.05) is 0 Å². The Morgan fingerprint density at radius 3 is 2.19 bits per heavy atom. The molecule has 0 bridgehead atoms. The van der Waals surface area contributed by atoms with Crippen LogP contribution in [0.25, 0.3) is 6.08 Å². The number of rotatable bonds is 4. The van der Waals surface area contributed by atoms with Gasteiger partial charge in [0.25, 0.3) is 6.43 Å². The maximum absolute atomic E-state index is 12.9. The summed E-state index contributed by atoms with van der Waals surface area (Å²) in [5, 5.41) is 0. The van der Waals surface area contributed by atoms with Gasteiger partial charge in [-0.05, 0) is 24.1 Å². The lowest BCUT2D eigenvalue weighted by Gasteiger charge is -2.06. The van der Waals surface area contributed by atoms with Crippen LogP contribution in [0.2, 0.25) is 0 Å². The molecule has 86 valence electrons. The van der Waals surface area contributed by atoms with Crippen LogP contribution in [0, 0.1) is 0 Å². The second-order valence-corrected chi connectivity index (χ2v) is 3.35. The summed E-state index contributed by atoms with van der Waals surface area (Å²) in [5.74, 6) is -0.111. The van der Waals surface area contributed by atoms with Gasteiger partial charge in [-0.2, -0.15) is 0 Å². The highest BCUT2D eigenvalue weighted by molar-refractivity contribution is 5.91. The van der Waals surface area contributed by atoms with Crippen LogP contribution in [0.3, 0.4) is 0 Å². The van der Waals surface area contributed by atoms with E-state index in [0.717, 1.165) is 0 Å². The highest BCUT2D eigenvalue weighted by Gasteiger charge is 2.20. The minimum atomic E-state index is -3.02. The van der Waals surface area contributed by atoms with E-state index in [0.29, 0.717) is 5.56 Å². The maximum atomic E-state index is 12.9. The fourth-order valence-corrected chi connectivity index (χ4v) is 1.15. The lowest BCUT2D eigenvalue weighted by Crippen LogP contribution is -2.02. The molecule has 0 aliphatic heterocycles. The van der Waals surface area contributed by atoms with E-state index in [4.69, 9.17) is 0 Å². The Balaban J connectivity index is 2.79. The number of allylic oxidation sites excluding steroid dienone is 1. The zero-order valence-corrected chi connectivity index (χ0v) is 8.66. The average Bonchev–Trinajstić information content (AvgIpc) is 2.26. The van der Waals surface area contributed by atoms with Crippen molar-refractivity contribution in [2.75, 3.05) is 0 Å². The van der Waals surface area contributed by atoms with Gasteiger partial charge in [0.1, 0.15) is 0 Å². The van der Waals surface area contributed by atoms with E-state index < -0.39 is 12.6 Å². The van der Waals surface area contributed by atoms with Gasteiger partial charge in [-0.1, -0.05) is 30.3 Å². The van der Waals surface area contributed by atoms with Gasteiger partial charge >= 0.3 is 0 Å². The molecular formula is C12H11F3O. The molecule has 0 saturated carbocycles. The SMILES string of the molecule is CC(=O)C=Cc1ccc(C(F)C(F)F)cc1. The molecule has 0 aromatic heterocycles. The zero-order chi connectivity index (χ0) is 12.1. The number of alkyl halides is 3. The minimum Gasteiger partial charge on any atom is -0.295 e. The van der Waals surface area contributed by atoms with Gasteiger partial charge in [-0.3, -0.25) is 4.79 Å². The number of hydrogen-bond acceptors (Lipinski definition) is 1. The molecule has 0 saturated heterocycles. The number of halogens is 3. The van der Waals surface area contributed by atoms with Crippen molar-refractivity contribution in [3.8, 4) is 0 Å². The van der Waals surface area contributed by atoms with Crippen molar-refractivity contribution in [1.82, 2.24) is 0 Å². The van der Waals surface area contributed by atoms with Crippen LogP contribution in [-0.4, -0.2) is 12.2 Å². The third-order valence-electron chi connectivity index (χ3n) is 1.99. The molecule has 1 unspecified atom stereocenters. The predicted molar refractivity (Wildman–Crippen MR) is 56.0 cm³/mol. The molecular weight excluding hydrogens is 217 g/mol. The first-order valence-corrected chi connectivity index (χ1v) is 4.71. The highest BCUT2D eigenvalue weighted by Crippen LogP contribution is 2.24. The molecule has 1 rings (SSSR count). The molecule has 0 aliphatic carbocycles. The molecule has 0 aliphatic rings. The third kappa shape index (κ3) is 3.53. The maximum Gasteiger partial charge on any atom is 0.273 e. The van der Waals surface area contributed by atoms with Gasteiger partial charge in [0.15, 0.2) is 12.0 Å². The summed E-state index contributed by atoms with van der Waals surface area (Å²) >= 11 is 0.